The molecule has 0 saturated heterocycles. The fourth-order valence-corrected chi connectivity index (χ4v) is 3.36. The fourth-order valence-electron chi connectivity index (χ4n) is 3.36. The minimum Gasteiger partial charge on any atom is -0.726 e. The summed E-state index contributed by atoms with van der Waals surface area (Å²) in [4.78, 5) is 11.9. The van der Waals surface area contributed by atoms with Crippen molar-refractivity contribution in [3.63, 3.8) is 0 Å². The van der Waals surface area contributed by atoms with Crippen molar-refractivity contribution in [2.45, 2.75) is 117 Å². The summed E-state index contributed by atoms with van der Waals surface area (Å²) in [5, 5.41) is 0. The second-order valence-corrected chi connectivity index (χ2v) is 10.4. The zero-order valence-electron chi connectivity index (χ0n) is 21.1. The minimum absolute atomic E-state index is 0.446. The maximum absolute atomic E-state index is 11.9. The highest BCUT2D eigenvalue weighted by molar-refractivity contribution is 7.80. The van der Waals surface area contributed by atoms with Crippen molar-refractivity contribution in [2.24, 2.45) is 0 Å². The van der Waals surface area contributed by atoms with Gasteiger partial charge in [-0.1, -0.05) is 96.8 Å². The summed E-state index contributed by atoms with van der Waals surface area (Å²) >= 11 is 0. The Labute approximate surface area is 193 Å². The largest absolute Gasteiger partial charge is 0.726 e. The highest BCUT2D eigenvalue weighted by Crippen LogP contribution is 2.14. The standard InChI is InChI=1S/C23H48NO.CH4O4S/c1-5-7-8-9-10-11-12-13-14-15-16-17-18-19-20-21-23(25)22-24(3,4)6-2;1-5-6(2,3)4/h5-22H2,1-4H3;1H3,(H,2,3,4)/q+1;/p-1. The SMILES string of the molecule is CCCCCCCCCCCCCCCCCC(=O)C[N+](C)(C)CC.COS(=O)(=O)[O-]. The van der Waals surface area contributed by atoms with E-state index in [4.69, 9.17) is 0 Å². The summed E-state index contributed by atoms with van der Waals surface area (Å²) < 4.78 is 31.9. The van der Waals surface area contributed by atoms with Crippen LogP contribution in [0, 0.1) is 0 Å². The monoisotopic (exact) mass is 465 g/mol. The van der Waals surface area contributed by atoms with E-state index in [1.807, 2.05) is 0 Å². The summed E-state index contributed by atoms with van der Waals surface area (Å²) in [5.41, 5.74) is 0. The van der Waals surface area contributed by atoms with Crippen molar-refractivity contribution < 1.29 is 26.4 Å². The van der Waals surface area contributed by atoms with Crippen LogP contribution in [0.4, 0.5) is 0 Å². The van der Waals surface area contributed by atoms with E-state index in [0.717, 1.165) is 31.0 Å². The molecule has 0 N–H and O–H groups in total. The molecule has 0 heterocycles. The lowest BCUT2D eigenvalue weighted by molar-refractivity contribution is -0.880. The quantitative estimate of drug-likeness (QED) is 0.0952. The fraction of sp³-hybridized carbons (Fsp3) is 0.958. The number of Topliss-reactive ketones (excluding diaryl/α,β-unsaturated/α-hetero) is 1. The maximum atomic E-state index is 11.9. The van der Waals surface area contributed by atoms with Gasteiger partial charge in [0.1, 0.15) is 6.54 Å². The molecule has 0 unspecified atom stereocenters. The highest BCUT2D eigenvalue weighted by atomic mass is 32.3. The van der Waals surface area contributed by atoms with Gasteiger partial charge in [0.2, 0.25) is 10.4 Å². The molecule has 0 aliphatic heterocycles. The first-order chi connectivity index (χ1) is 14.6. The van der Waals surface area contributed by atoms with Crippen LogP contribution in [-0.2, 0) is 19.4 Å². The predicted octanol–water partition coefficient (Wildman–Crippen LogP) is 6.01. The first-order valence-electron chi connectivity index (χ1n) is 12.4. The highest BCUT2D eigenvalue weighted by Gasteiger charge is 2.16. The Balaban J connectivity index is 0. The van der Waals surface area contributed by atoms with Gasteiger partial charge in [0.05, 0.1) is 27.7 Å². The van der Waals surface area contributed by atoms with Crippen LogP contribution in [0.3, 0.4) is 0 Å². The van der Waals surface area contributed by atoms with Gasteiger partial charge in [0, 0.05) is 6.42 Å². The van der Waals surface area contributed by atoms with Gasteiger partial charge in [-0.2, -0.15) is 0 Å². The molecule has 0 bridgehead atoms. The number of carbonyl (C=O) groups excluding carboxylic acids is 1. The number of carbonyl (C=O) groups is 1. The summed E-state index contributed by atoms with van der Waals surface area (Å²) in [6.45, 7) is 6.17. The van der Waals surface area contributed by atoms with Gasteiger partial charge in [-0.3, -0.25) is 8.98 Å². The Morgan fingerprint density at radius 3 is 1.35 bits per heavy atom. The molecular formula is C24H51NO5S. The summed E-state index contributed by atoms with van der Waals surface area (Å²) in [6.07, 6.45) is 21.5. The lowest BCUT2D eigenvalue weighted by atomic mass is 10.0. The molecule has 188 valence electrons. The molecular weight excluding hydrogens is 414 g/mol. The second kappa shape index (κ2) is 21.4. The topological polar surface area (TPSA) is 83.5 Å². The number of quaternary nitrogens is 1. The van der Waals surface area contributed by atoms with Crippen LogP contribution >= 0.6 is 0 Å². The molecule has 0 amide bonds. The Bertz CT molecular complexity index is 506. The number of hydrogen-bond acceptors (Lipinski definition) is 5. The van der Waals surface area contributed by atoms with Gasteiger partial charge in [-0.15, -0.1) is 0 Å². The van der Waals surface area contributed by atoms with Gasteiger partial charge in [-0.25, -0.2) is 8.42 Å². The van der Waals surface area contributed by atoms with Crippen molar-refractivity contribution in [1.29, 1.82) is 0 Å². The molecule has 0 aliphatic rings. The van der Waals surface area contributed by atoms with E-state index in [9.17, 15) is 17.8 Å². The van der Waals surface area contributed by atoms with Gasteiger partial charge in [0.25, 0.3) is 0 Å². The number of hydrogen-bond donors (Lipinski definition) is 0. The first kappa shape index (κ1) is 32.7. The maximum Gasteiger partial charge on any atom is 0.217 e. The Kier molecular flexibility index (Phi) is 22.5. The van der Waals surface area contributed by atoms with E-state index >= 15 is 0 Å². The summed E-state index contributed by atoms with van der Waals surface area (Å²) in [7, 11) is 0.682. The van der Waals surface area contributed by atoms with Gasteiger partial charge in [0.15, 0.2) is 5.78 Å². The van der Waals surface area contributed by atoms with Crippen molar-refractivity contribution in [1.82, 2.24) is 0 Å². The molecule has 0 aromatic carbocycles. The Hall–Kier alpha value is -0.500. The van der Waals surface area contributed by atoms with Crippen molar-refractivity contribution in [3.8, 4) is 0 Å². The van der Waals surface area contributed by atoms with Crippen molar-refractivity contribution in [2.75, 3.05) is 34.3 Å². The molecule has 0 saturated carbocycles. The van der Waals surface area contributed by atoms with Crippen LogP contribution in [0.5, 0.6) is 0 Å². The molecule has 0 aromatic heterocycles. The average Bonchev–Trinajstić information content (AvgIpc) is 2.70. The third-order valence-electron chi connectivity index (χ3n) is 5.72. The number of unbranched alkanes of at least 4 members (excludes halogenated alkanes) is 14. The van der Waals surface area contributed by atoms with Crippen LogP contribution in [0.2, 0.25) is 0 Å². The average molecular weight is 466 g/mol. The second-order valence-electron chi connectivity index (χ2n) is 9.22. The van der Waals surface area contributed by atoms with E-state index in [2.05, 4.69) is 32.1 Å². The first-order valence-corrected chi connectivity index (χ1v) is 13.8. The number of rotatable bonds is 20. The van der Waals surface area contributed by atoms with E-state index in [1.54, 1.807) is 0 Å². The van der Waals surface area contributed by atoms with E-state index in [-0.39, 0.29) is 0 Å². The Morgan fingerprint density at radius 1 is 0.742 bits per heavy atom. The smallest absolute Gasteiger partial charge is 0.217 e. The molecule has 0 atom stereocenters. The molecule has 0 aliphatic carbocycles. The van der Waals surface area contributed by atoms with Crippen LogP contribution in [0.1, 0.15) is 117 Å². The Morgan fingerprint density at radius 2 is 1.06 bits per heavy atom. The molecule has 0 fully saturated rings. The minimum atomic E-state index is -4.41. The predicted molar refractivity (Wildman–Crippen MR) is 129 cm³/mol. The summed E-state index contributed by atoms with van der Waals surface area (Å²) in [5.74, 6) is 0.446. The molecule has 31 heavy (non-hydrogen) atoms. The molecule has 0 rings (SSSR count). The lowest BCUT2D eigenvalue weighted by Gasteiger charge is -2.27. The van der Waals surface area contributed by atoms with Gasteiger partial charge in [-0.05, 0) is 13.3 Å². The number of nitrogens with zero attached hydrogens (tertiary/aromatic N) is 1. The zero-order chi connectivity index (χ0) is 24.0. The van der Waals surface area contributed by atoms with E-state index in [1.165, 1.54) is 89.9 Å². The van der Waals surface area contributed by atoms with Crippen molar-refractivity contribution >= 4 is 16.2 Å². The molecule has 6 nitrogen and oxygen atoms in total. The molecule has 0 aromatic rings. The van der Waals surface area contributed by atoms with E-state index < -0.39 is 10.4 Å². The van der Waals surface area contributed by atoms with Crippen molar-refractivity contribution in [3.05, 3.63) is 0 Å². The van der Waals surface area contributed by atoms with Crippen LogP contribution in [0.25, 0.3) is 0 Å². The van der Waals surface area contributed by atoms with Crippen LogP contribution in [-0.4, -0.2) is 57.5 Å². The molecule has 0 spiro atoms. The third-order valence-corrected chi connectivity index (χ3v) is 6.13. The van der Waals surface area contributed by atoms with E-state index in [0.29, 0.717) is 12.3 Å². The van der Waals surface area contributed by atoms with Crippen LogP contribution in [0.15, 0.2) is 0 Å². The normalized spacial score (nSPS) is 11.8. The van der Waals surface area contributed by atoms with Gasteiger partial charge < -0.3 is 9.04 Å². The lowest BCUT2D eigenvalue weighted by Crippen LogP contribution is -2.43. The number of ketones is 1. The van der Waals surface area contributed by atoms with Crippen LogP contribution < -0.4 is 0 Å². The zero-order valence-corrected chi connectivity index (χ0v) is 21.9. The molecule has 0 radical (unpaired) electrons. The third kappa shape index (κ3) is 29.5. The number of likely N-dealkylation sites (N-methyl/N-ethyl adjacent to an activating group) is 1. The summed E-state index contributed by atoms with van der Waals surface area (Å²) in [6, 6.07) is 0. The van der Waals surface area contributed by atoms with Gasteiger partial charge >= 0.3 is 0 Å². The molecule has 7 heteroatoms.